The molecule has 0 aliphatic heterocycles. The number of rotatable bonds is 2. The van der Waals surface area contributed by atoms with Gasteiger partial charge in [-0.1, -0.05) is 47.5 Å². The Labute approximate surface area is 147 Å². The topological polar surface area (TPSA) is 42.2 Å². The van der Waals surface area contributed by atoms with Gasteiger partial charge >= 0.3 is 0 Å². The zero-order valence-electron chi connectivity index (χ0n) is 12.3. The molecule has 0 aliphatic carbocycles. The summed E-state index contributed by atoms with van der Waals surface area (Å²) < 4.78 is 5.82. The van der Waals surface area contributed by atoms with Crippen molar-refractivity contribution < 1.29 is 9.21 Å². The molecule has 0 radical (unpaired) electrons. The van der Waals surface area contributed by atoms with Gasteiger partial charge in [0.2, 0.25) is 0 Å². The van der Waals surface area contributed by atoms with Crippen LogP contribution in [0.15, 0.2) is 65.1 Å². The molecule has 3 nitrogen and oxygen atoms in total. The SMILES string of the molecule is O=C(Nc1ccc2c(c1)oc1ccccc12)c1cccc(Cl)c1Cl. The minimum Gasteiger partial charge on any atom is -0.456 e. The molecule has 4 rings (SSSR count). The molecule has 0 saturated heterocycles. The van der Waals surface area contributed by atoms with Crippen molar-refractivity contribution in [3.8, 4) is 0 Å². The molecule has 0 fully saturated rings. The molecule has 0 saturated carbocycles. The Hall–Kier alpha value is -2.49. The number of anilines is 1. The number of para-hydroxylation sites is 1. The van der Waals surface area contributed by atoms with Gasteiger partial charge in [-0.05, 0) is 30.3 Å². The molecule has 0 unspecified atom stereocenters. The summed E-state index contributed by atoms with van der Waals surface area (Å²) in [6.45, 7) is 0. The Kier molecular flexibility index (Phi) is 3.68. The third-order valence-corrected chi connectivity index (χ3v) is 4.65. The van der Waals surface area contributed by atoms with Crippen molar-refractivity contribution in [1.29, 1.82) is 0 Å². The number of benzene rings is 3. The van der Waals surface area contributed by atoms with Gasteiger partial charge in [-0.2, -0.15) is 0 Å². The van der Waals surface area contributed by atoms with Gasteiger partial charge in [-0.3, -0.25) is 4.79 Å². The summed E-state index contributed by atoms with van der Waals surface area (Å²) in [7, 11) is 0. The van der Waals surface area contributed by atoms with E-state index in [4.69, 9.17) is 27.6 Å². The number of carbonyl (C=O) groups excluding carboxylic acids is 1. The van der Waals surface area contributed by atoms with E-state index in [0.29, 0.717) is 21.9 Å². The van der Waals surface area contributed by atoms with Crippen molar-refractivity contribution in [2.24, 2.45) is 0 Å². The maximum absolute atomic E-state index is 12.4. The average Bonchev–Trinajstić information content (AvgIpc) is 2.95. The molecular formula is C19H11Cl2NO2. The number of carbonyl (C=O) groups is 1. The predicted molar refractivity (Wildman–Crippen MR) is 98.1 cm³/mol. The summed E-state index contributed by atoms with van der Waals surface area (Å²) in [5.41, 5.74) is 2.48. The highest BCUT2D eigenvalue weighted by atomic mass is 35.5. The molecule has 0 spiro atoms. The normalized spacial score (nSPS) is 11.1. The number of fused-ring (bicyclic) bond motifs is 3. The number of furan rings is 1. The smallest absolute Gasteiger partial charge is 0.257 e. The van der Waals surface area contributed by atoms with E-state index in [1.54, 1.807) is 24.3 Å². The maximum atomic E-state index is 12.4. The van der Waals surface area contributed by atoms with Crippen LogP contribution in [0.25, 0.3) is 21.9 Å². The van der Waals surface area contributed by atoms with Crippen LogP contribution in [0.3, 0.4) is 0 Å². The number of nitrogens with one attached hydrogen (secondary N) is 1. The van der Waals surface area contributed by atoms with Crippen molar-refractivity contribution in [3.05, 3.63) is 76.3 Å². The van der Waals surface area contributed by atoms with Crippen molar-refractivity contribution in [2.75, 3.05) is 5.32 Å². The minimum absolute atomic E-state index is 0.237. The monoisotopic (exact) mass is 355 g/mol. The molecule has 1 amide bonds. The first-order chi connectivity index (χ1) is 11.6. The lowest BCUT2D eigenvalue weighted by molar-refractivity contribution is 0.102. The lowest BCUT2D eigenvalue weighted by Gasteiger charge is -2.07. The van der Waals surface area contributed by atoms with Crippen molar-refractivity contribution in [1.82, 2.24) is 0 Å². The molecule has 118 valence electrons. The molecular weight excluding hydrogens is 345 g/mol. The second kappa shape index (κ2) is 5.86. The van der Waals surface area contributed by atoms with E-state index >= 15 is 0 Å². The van der Waals surface area contributed by atoms with Gasteiger partial charge in [-0.25, -0.2) is 0 Å². The fourth-order valence-corrected chi connectivity index (χ4v) is 3.07. The first-order valence-corrected chi connectivity index (χ1v) is 8.06. The Morgan fingerprint density at radius 1 is 0.875 bits per heavy atom. The van der Waals surface area contributed by atoms with Gasteiger partial charge in [-0.15, -0.1) is 0 Å². The maximum Gasteiger partial charge on any atom is 0.257 e. The summed E-state index contributed by atoms with van der Waals surface area (Å²) >= 11 is 12.0. The molecule has 3 aromatic carbocycles. The van der Waals surface area contributed by atoms with E-state index in [9.17, 15) is 4.79 Å². The lowest BCUT2D eigenvalue weighted by Crippen LogP contribution is -2.12. The average molecular weight is 356 g/mol. The highest BCUT2D eigenvalue weighted by Gasteiger charge is 2.14. The third kappa shape index (κ3) is 2.52. The third-order valence-electron chi connectivity index (χ3n) is 3.83. The highest BCUT2D eigenvalue weighted by molar-refractivity contribution is 6.44. The Bertz CT molecular complexity index is 1090. The first-order valence-electron chi connectivity index (χ1n) is 7.30. The molecule has 0 atom stereocenters. The van der Waals surface area contributed by atoms with Crippen LogP contribution in [-0.2, 0) is 0 Å². The second-order valence-electron chi connectivity index (χ2n) is 5.36. The van der Waals surface area contributed by atoms with Crippen LogP contribution >= 0.6 is 23.2 Å². The van der Waals surface area contributed by atoms with Crippen LogP contribution in [0.4, 0.5) is 5.69 Å². The zero-order valence-corrected chi connectivity index (χ0v) is 13.9. The van der Waals surface area contributed by atoms with Gasteiger partial charge < -0.3 is 9.73 Å². The van der Waals surface area contributed by atoms with E-state index in [1.807, 2.05) is 36.4 Å². The van der Waals surface area contributed by atoms with E-state index in [0.717, 1.165) is 16.4 Å². The quantitative estimate of drug-likeness (QED) is 0.468. The summed E-state index contributed by atoms with van der Waals surface area (Å²) in [6, 6.07) is 18.3. The molecule has 5 heteroatoms. The van der Waals surface area contributed by atoms with E-state index < -0.39 is 0 Å². The van der Waals surface area contributed by atoms with Gasteiger partial charge in [0.05, 0.1) is 15.6 Å². The van der Waals surface area contributed by atoms with Crippen LogP contribution in [0.1, 0.15) is 10.4 Å². The molecule has 1 heterocycles. The number of hydrogen-bond acceptors (Lipinski definition) is 2. The predicted octanol–water partition coefficient (Wildman–Crippen LogP) is 6.15. The summed E-state index contributed by atoms with van der Waals surface area (Å²) in [6.07, 6.45) is 0. The molecule has 4 aromatic rings. The Morgan fingerprint density at radius 3 is 2.54 bits per heavy atom. The second-order valence-corrected chi connectivity index (χ2v) is 6.15. The van der Waals surface area contributed by atoms with E-state index in [2.05, 4.69) is 5.32 Å². The van der Waals surface area contributed by atoms with Crippen LogP contribution in [-0.4, -0.2) is 5.91 Å². The van der Waals surface area contributed by atoms with Gasteiger partial charge in [0.1, 0.15) is 11.2 Å². The standard InChI is InChI=1S/C19H11Cl2NO2/c20-15-6-3-5-14(18(15)21)19(23)22-11-8-9-13-12-4-1-2-7-16(12)24-17(13)10-11/h1-10H,(H,22,23). The summed E-state index contributed by atoms with van der Waals surface area (Å²) in [4.78, 5) is 12.4. The summed E-state index contributed by atoms with van der Waals surface area (Å²) in [5, 5.41) is 5.45. The number of halogens is 2. The molecule has 0 aliphatic rings. The van der Waals surface area contributed by atoms with E-state index in [1.165, 1.54) is 0 Å². The van der Waals surface area contributed by atoms with Crippen LogP contribution in [0.2, 0.25) is 10.0 Å². The Balaban J connectivity index is 1.70. The van der Waals surface area contributed by atoms with Gasteiger partial charge in [0.15, 0.2) is 0 Å². The van der Waals surface area contributed by atoms with Gasteiger partial charge in [0.25, 0.3) is 5.91 Å². The largest absolute Gasteiger partial charge is 0.456 e. The summed E-state index contributed by atoms with van der Waals surface area (Å²) in [5.74, 6) is -0.321. The van der Waals surface area contributed by atoms with E-state index in [-0.39, 0.29) is 10.9 Å². The zero-order chi connectivity index (χ0) is 16.7. The fourth-order valence-electron chi connectivity index (χ4n) is 2.68. The number of amides is 1. The fraction of sp³-hybridized carbons (Fsp3) is 0. The van der Waals surface area contributed by atoms with Crippen LogP contribution in [0, 0.1) is 0 Å². The van der Waals surface area contributed by atoms with Crippen molar-refractivity contribution in [2.45, 2.75) is 0 Å². The molecule has 1 N–H and O–H groups in total. The van der Waals surface area contributed by atoms with Crippen molar-refractivity contribution in [3.63, 3.8) is 0 Å². The van der Waals surface area contributed by atoms with Gasteiger partial charge in [0, 0.05) is 22.5 Å². The molecule has 0 bridgehead atoms. The number of hydrogen-bond donors (Lipinski definition) is 1. The highest BCUT2D eigenvalue weighted by Crippen LogP contribution is 2.31. The van der Waals surface area contributed by atoms with Crippen molar-refractivity contribution >= 4 is 56.7 Å². The molecule has 1 aromatic heterocycles. The van der Waals surface area contributed by atoms with Crippen LogP contribution < -0.4 is 5.32 Å². The Morgan fingerprint density at radius 2 is 1.67 bits per heavy atom. The van der Waals surface area contributed by atoms with Crippen LogP contribution in [0.5, 0.6) is 0 Å². The molecule has 24 heavy (non-hydrogen) atoms. The minimum atomic E-state index is -0.321. The first kappa shape index (κ1) is 15.1. The lowest BCUT2D eigenvalue weighted by atomic mass is 10.1.